The molecule has 2 aromatic heterocycles. The molecule has 0 saturated carbocycles. The molecule has 0 atom stereocenters. The Morgan fingerprint density at radius 3 is 2.50 bits per heavy atom. The van der Waals surface area contributed by atoms with Gasteiger partial charge in [-0.2, -0.15) is 0 Å². The first kappa shape index (κ1) is 20.7. The fraction of sp³-hybridized carbons (Fsp3) is 0.0909. The quantitative estimate of drug-likeness (QED) is 0.341. The summed E-state index contributed by atoms with van der Waals surface area (Å²) in [5, 5.41) is 11.5. The molecule has 4 rings (SSSR count). The molecule has 1 aromatic carbocycles. The number of carbonyl (C=O) groups excluding carboxylic acids is 3. The summed E-state index contributed by atoms with van der Waals surface area (Å²) in [7, 11) is 1.21. The predicted octanol–water partition coefficient (Wildman–Crippen LogP) is 3.12. The Hall–Kier alpha value is -4.60. The predicted molar refractivity (Wildman–Crippen MR) is 108 cm³/mol. The highest BCUT2D eigenvalue weighted by Gasteiger charge is 2.34. The number of carbonyl (C=O) groups is 4. The Morgan fingerprint density at radius 2 is 1.81 bits per heavy atom. The molecule has 0 radical (unpaired) electrons. The second-order valence-corrected chi connectivity index (χ2v) is 6.72. The van der Waals surface area contributed by atoms with E-state index in [-0.39, 0.29) is 29.3 Å². The summed E-state index contributed by atoms with van der Waals surface area (Å²) in [5.41, 5.74) is 0.816. The van der Waals surface area contributed by atoms with Crippen molar-refractivity contribution in [3.8, 4) is 11.3 Å². The van der Waals surface area contributed by atoms with Gasteiger partial charge in [-0.15, -0.1) is 0 Å². The van der Waals surface area contributed by atoms with Gasteiger partial charge < -0.3 is 24.0 Å². The van der Waals surface area contributed by atoms with Crippen molar-refractivity contribution in [2.24, 2.45) is 0 Å². The van der Waals surface area contributed by atoms with Gasteiger partial charge in [0.25, 0.3) is 5.91 Å². The van der Waals surface area contributed by atoms with Gasteiger partial charge in [0.15, 0.2) is 0 Å². The molecule has 32 heavy (non-hydrogen) atoms. The molecule has 3 heterocycles. The van der Waals surface area contributed by atoms with Crippen LogP contribution in [0.25, 0.3) is 17.4 Å². The molecular weight excluding hydrogens is 420 g/mol. The number of imide groups is 1. The van der Waals surface area contributed by atoms with E-state index in [1.54, 1.807) is 24.3 Å². The van der Waals surface area contributed by atoms with E-state index < -0.39 is 23.9 Å². The summed E-state index contributed by atoms with van der Waals surface area (Å²) in [4.78, 5) is 48.3. The third-order valence-corrected chi connectivity index (χ3v) is 4.65. The molecule has 1 saturated heterocycles. The van der Waals surface area contributed by atoms with Crippen molar-refractivity contribution in [3.05, 3.63) is 77.1 Å². The lowest BCUT2D eigenvalue weighted by atomic mass is 10.1. The molecule has 1 aliphatic rings. The number of ether oxygens (including phenoxy) is 1. The zero-order valence-corrected chi connectivity index (χ0v) is 16.7. The maximum absolute atomic E-state index is 12.6. The normalized spacial score (nSPS) is 14.7. The fourth-order valence-corrected chi connectivity index (χ4v) is 3.05. The van der Waals surface area contributed by atoms with Crippen LogP contribution >= 0.6 is 0 Å². The van der Waals surface area contributed by atoms with E-state index in [0.717, 1.165) is 4.90 Å². The van der Waals surface area contributed by atoms with Crippen molar-refractivity contribution in [2.45, 2.75) is 6.54 Å². The van der Waals surface area contributed by atoms with Crippen LogP contribution in [0.15, 0.2) is 63.1 Å². The van der Waals surface area contributed by atoms with Crippen LogP contribution < -0.4 is 5.32 Å². The Kier molecular flexibility index (Phi) is 5.34. The van der Waals surface area contributed by atoms with Crippen LogP contribution in [0.3, 0.4) is 0 Å². The first-order valence-electron chi connectivity index (χ1n) is 9.31. The van der Waals surface area contributed by atoms with Gasteiger partial charge in [0.05, 0.1) is 19.2 Å². The standard InChI is InChI=1S/C22H16N2O8/c1-30-21(28)18-9-7-15(32-18)11-24-19(25)16(23-22(24)29)10-14-6-8-17(31-14)12-2-4-13(5-3-12)20(26)27/h2-10H,11H2,1H3,(H,23,29)(H,26,27)/b16-10-. The zero-order chi connectivity index (χ0) is 22.8. The number of nitrogens with zero attached hydrogens (tertiary/aromatic N) is 1. The molecule has 0 bridgehead atoms. The Bertz CT molecular complexity index is 1250. The maximum Gasteiger partial charge on any atom is 0.373 e. The van der Waals surface area contributed by atoms with Crippen LogP contribution in [0.5, 0.6) is 0 Å². The number of hydrogen-bond acceptors (Lipinski definition) is 7. The summed E-state index contributed by atoms with van der Waals surface area (Å²) in [6.07, 6.45) is 1.39. The largest absolute Gasteiger partial charge is 0.478 e. The van der Waals surface area contributed by atoms with Gasteiger partial charge in [-0.25, -0.2) is 14.4 Å². The molecular formula is C22H16N2O8. The highest BCUT2D eigenvalue weighted by Crippen LogP contribution is 2.25. The van der Waals surface area contributed by atoms with Crippen molar-refractivity contribution >= 4 is 30.0 Å². The van der Waals surface area contributed by atoms with Crippen LogP contribution in [-0.2, 0) is 16.1 Å². The van der Waals surface area contributed by atoms with Crippen molar-refractivity contribution < 1.29 is 37.9 Å². The lowest BCUT2D eigenvalue weighted by molar-refractivity contribution is -0.123. The topological polar surface area (TPSA) is 139 Å². The number of rotatable bonds is 6. The number of benzene rings is 1. The molecule has 162 valence electrons. The summed E-state index contributed by atoms with van der Waals surface area (Å²) < 4.78 is 15.6. The van der Waals surface area contributed by atoms with Gasteiger partial charge in [0.2, 0.25) is 5.76 Å². The van der Waals surface area contributed by atoms with Crippen LogP contribution in [0.1, 0.15) is 32.4 Å². The minimum absolute atomic E-state index is 0.0110. The molecule has 0 unspecified atom stereocenters. The number of hydrogen-bond donors (Lipinski definition) is 2. The van der Waals surface area contributed by atoms with Crippen LogP contribution in [0.2, 0.25) is 0 Å². The van der Waals surface area contributed by atoms with Crippen LogP contribution in [0.4, 0.5) is 4.79 Å². The SMILES string of the molecule is COC(=O)c1ccc(CN2C(=O)N/C(=C\c3ccc(-c4ccc(C(=O)O)cc4)o3)C2=O)o1. The molecule has 1 fully saturated rings. The number of furan rings is 2. The van der Waals surface area contributed by atoms with Gasteiger partial charge in [-0.05, 0) is 36.4 Å². The molecule has 3 aromatic rings. The van der Waals surface area contributed by atoms with E-state index in [0.29, 0.717) is 17.1 Å². The fourth-order valence-electron chi connectivity index (χ4n) is 3.05. The van der Waals surface area contributed by atoms with Gasteiger partial charge >= 0.3 is 18.0 Å². The van der Waals surface area contributed by atoms with Gasteiger partial charge in [-0.3, -0.25) is 9.69 Å². The smallest absolute Gasteiger partial charge is 0.373 e. The first-order chi connectivity index (χ1) is 15.4. The Morgan fingerprint density at radius 1 is 1.06 bits per heavy atom. The third-order valence-electron chi connectivity index (χ3n) is 4.65. The number of carboxylic acids is 1. The van der Waals surface area contributed by atoms with Gasteiger partial charge in [0, 0.05) is 11.6 Å². The average molecular weight is 436 g/mol. The van der Waals surface area contributed by atoms with Gasteiger partial charge in [-0.1, -0.05) is 12.1 Å². The van der Waals surface area contributed by atoms with Gasteiger partial charge in [0.1, 0.15) is 23.0 Å². The van der Waals surface area contributed by atoms with E-state index in [1.165, 1.54) is 37.5 Å². The number of carboxylic acid groups (broad SMARTS) is 1. The lowest BCUT2D eigenvalue weighted by Gasteiger charge is -2.09. The lowest BCUT2D eigenvalue weighted by Crippen LogP contribution is -2.30. The molecule has 0 spiro atoms. The molecule has 3 amide bonds. The number of urea groups is 1. The molecule has 1 aliphatic heterocycles. The van der Waals surface area contributed by atoms with Crippen molar-refractivity contribution in [2.75, 3.05) is 7.11 Å². The highest BCUT2D eigenvalue weighted by atomic mass is 16.5. The van der Waals surface area contributed by atoms with E-state index in [4.69, 9.17) is 13.9 Å². The molecule has 0 aliphatic carbocycles. The summed E-state index contributed by atoms with van der Waals surface area (Å²) >= 11 is 0. The second kappa shape index (κ2) is 8.26. The summed E-state index contributed by atoms with van der Waals surface area (Å²) in [6.45, 7) is -0.168. The van der Waals surface area contributed by atoms with E-state index in [9.17, 15) is 19.2 Å². The van der Waals surface area contributed by atoms with E-state index in [2.05, 4.69) is 10.1 Å². The first-order valence-corrected chi connectivity index (χ1v) is 9.31. The molecule has 2 N–H and O–H groups in total. The molecule has 10 heteroatoms. The maximum atomic E-state index is 12.6. The highest BCUT2D eigenvalue weighted by molar-refractivity contribution is 6.13. The minimum atomic E-state index is -1.03. The average Bonchev–Trinajstić information content (AvgIpc) is 3.50. The monoisotopic (exact) mass is 436 g/mol. The molecule has 10 nitrogen and oxygen atoms in total. The van der Waals surface area contributed by atoms with Crippen LogP contribution in [-0.4, -0.2) is 41.0 Å². The number of methoxy groups -OCH3 is 1. The number of amides is 3. The van der Waals surface area contributed by atoms with Crippen molar-refractivity contribution in [1.29, 1.82) is 0 Å². The summed E-state index contributed by atoms with van der Waals surface area (Å²) in [5.74, 6) is -1.30. The van der Waals surface area contributed by atoms with Crippen molar-refractivity contribution in [1.82, 2.24) is 10.2 Å². The Balaban J connectivity index is 1.49. The second-order valence-electron chi connectivity index (χ2n) is 6.72. The van der Waals surface area contributed by atoms with E-state index >= 15 is 0 Å². The van der Waals surface area contributed by atoms with E-state index in [1.807, 2.05) is 0 Å². The van der Waals surface area contributed by atoms with Crippen molar-refractivity contribution in [3.63, 3.8) is 0 Å². The number of aromatic carboxylic acids is 1. The number of nitrogens with one attached hydrogen (secondary N) is 1. The number of esters is 1. The summed E-state index contributed by atoms with van der Waals surface area (Å²) in [6, 6.07) is 11.6. The third kappa shape index (κ3) is 4.01. The Labute approximate surface area is 180 Å². The minimum Gasteiger partial charge on any atom is -0.478 e. The zero-order valence-electron chi connectivity index (χ0n) is 16.7. The van der Waals surface area contributed by atoms with Crippen LogP contribution in [0, 0.1) is 0 Å².